The third-order valence-corrected chi connectivity index (χ3v) is 8.11. The predicted molar refractivity (Wildman–Crippen MR) is 159 cm³/mol. The number of aromatic nitrogens is 3. The molecule has 0 aliphatic rings. The van der Waals surface area contributed by atoms with Crippen LogP contribution in [-0.4, -0.2) is 20.7 Å². The van der Waals surface area contributed by atoms with Crippen molar-refractivity contribution in [3.05, 3.63) is 146 Å². The molecule has 0 aliphatic heterocycles. The number of alkyl halides is 3. The summed E-state index contributed by atoms with van der Waals surface area (Å²) in [5.41, 5.74) is -0.198. The number of nitrogens with zero attached hydrogens (tertiary/aromatic N) is 2. The van der Waals surface area contributed by atoms with Crippen LogP contribution in [0, 0.1) is 5.82 Å². The van der Waals surface area contributed by atoms with E-state index in [4.69, 9.17) is 11.6 Å². The molecule has 6 rings (SSSR count). The second-order valence-corrected chi connectivity index (χ2v) is 11.3. The molecule has 0 unspecified atom stereocenters. The monoisotopic (exact) mass is 620 g/mol. The molecule has 0 fully saturated rings. The van der Waals surface area contributed by atoms with Crippen molar-refractivity contribution in [1.29, 1.82) is 0 Å². The van der Waals surface area contributed by atoms with Gasteiger partial charge in [-0.25, -0.2) is 9.37 Å². The van der Waals surface area contributed by atoms with Gasteiger partial charge in [0.05, 0.1) is 32.2 Å². The van der Waals surface area contributed by atoms with Crippen molar-refractivity contribution >= 4 is 45.7 Å². The van der Waals surface area contributed by atoms with E-state index in [0.717, 1.165) is 17.7 Å². The minimum absolute atomic E-state index is 0.0208. The lowest BCUT2D eigenvalue weighted by Crippen LogP contribution is -2.40. The number of fused-ring (bicyclic) bond motifs is 1. The first-order chi connectivity index (χ1) is 20.6. The van der Waals surface area contributed by atoms with Crippen LogP contribution in [0.5, 0.6) is 0 Å². The van der Waals surface area contributed by atoms with E-state index in [0.29, 0.717) is 32.6 Å². The number of pyridine rings is 1. The highest BCUT2D eigenvalue weighted by atomic mass is 35.5. The van der Waals surface area contributed by atoms with Crippen molar-refractivity contribution in [1.82, 2.24) is 15.0 Å². The van der Waals surface area contributed by atoms with Crippen LogP contribution >= 0.6 is 22.9 Å². The summed E-state index contributed by atoms with van der Waals surface area (Å²) >= 11 is 7.46. The topological polar surface area (TPSA) is 70.7 Å². The zero-order valence-corrected chi connectivity index (χ0v) is 23.7. The first-order valence-electron chi connectivity index (χ1n) is 13.0. The molecule has 0 aliphatic carbocycles. The van der Waals surface area contributed by atoms with Gasteiger partial charge in [-0.2, -0.15) is 13.2 Å². The van der Waals surface area contributed by atoms with Gasteiger partial charge < -0.3 is 10.3 Å². The van der Waals surface area contributed by atoms with Crippen LogP contribution in [0.1, 0.15) is 37.6 Å². The van der Waals surface area contributed by atoms with Gasteiger partial charge in [-0.1, -0.05) is 48.0 Å². The van der Waals surface area contributed by atoms with Crippen LogP contribution in [0.15, 0.2) is 103 Å². The highest BCUT2D eigenvalue weighted by Crippen LogP contribution is 2.40. The number of hydrogen-bond donors (Lipinski definition) is 2. The summed E-state index contributed by atoms with van der Waals surface area (Å²) in [6.07, 6.45) is -3.35. The van der Waals surface area contributed by atoms with Gasteiger partial charge in [-0.05, 0) is 71.1 Å². The van der Waals surface area contributed by atoms with Gasteiger partial charge in [-0.3, -0.25) is 9.78 Å². The average molecular weight is 621 g/mol. The van der Waals surface area contributed by atoms with Crippen LogP contribution in [0.25, 0.3) is 11.0 Å². The fourth-order valence-electron chi connectivity index (χ4n) is 5.01. The van der Waals surface area contributed by atoms with E-state index in [-0.39, 0.29) is 29.4 Å². The Bertz CT molecular complexity index is 1910. The number of carbonyl (C=O) groups excluding carboxylic acids is 1. The van der Waals surface area contributed by atoms with Crippen molar-refractivity contribution in [2.75, 3.05) is 5.32 Å². The smallest absolute Gasteiger partial charge is 0.340 e. The minimum Gasteiger partial charge on any atom is -0.340 e. The normalized spacial score (nSPS) is 13.1. The number of H-pyrrole nitrogens is 1. The quantitative estimate of drug-likeness (QED) is 0.132. The maximum atomic E-state index is 14.9. The number of rotatable bonds is 8. The Hall–Kier alpha value is -4.54. The molecule has 0 saturated heterocycles. The largest absolute Gasteiger partial charge is 0.416 e. The number of hydrogen-bond acceptors (Lipinski definition) is 5. The molecule has 216 valence electrons. The maximum Gasteiger partial charge on any atom is 0.416 e. The number of aromatic amines is 1. The van der Waals surface area contributed by atoms with E-state index in [1.165, 1.54) is 17.5 Å². The SMILES string of the molecule is O=C(c1ccc2nc(N[C@](Cc3ccccc3)(c3cc(F)cc(C(F)(F)F)c3)c3ccc(Cl)cn3)[nH]c2c1)c1cccs1. The van der Waals surface area contributed by atoms with Gasteiger partial charge in [0.15, 0.2) is 0 Å². The van der Waals surface area contributed by atoms with Crippen molar-refractivity contribution in [2.45, 2.75) is 18.1 Å². The molecule has 43 heavy (non-hydrogen) atoms. The number of imidazole rings is 1. The van der Waals surface area contributed by atoms with Crippen LogP contribution in [0.3, 0.4) is 0 Å². The Kier molecular flexibility index (Phi) is 7.49. The van der Waals surface area contributed by atoms with Gasteiger partial charge in [0.1, 0.15) is 11.4 Å². The average Bonchev–Trinajstić information content (AvgIpc) is 3.66. The fourth-order valence-corrected chi connectivity index (χ4v) is 5.81. The zero-order chi connectivity index (χ0) is 30.2. The number of anilines is 1. The van der Waals surface area contributed by atoms with Gasteiger partial charge in [0.2, 0.25) is 11.7 Å². The van der Waals surface area contributed by atoms with Crippen LogP contribution in [0.4, 0.5) is 23.5 Å². The van der Waals surface area contributed by atoms with Crippen molar-refractivity contribution in [3.8, 4) is 0 Å². The van der Waals surface area contributed by atoms with Crippen LogP contribution in [0.2, 0.25) is 5.02 Å². The van der Waals surface area contributed by atoms with E-state index in [1.54, 1.807) is 54.6 Å². The lowest BCUT2D eigenvalue weighted by atomic mass is 9.80. The summed E-state index contributed by atoms with van der Waals surface area (Å²) in [6.45, 7) is 0. The fraction of sp³-hybridized carbons (Fsp3) is 0.0938. The number of ketones is 1. The molecule has 0 radical (unpaired) electrons. The first-order valence-corrected chi connectivity index (χ1v) is 14.3. The molecule has 2 N–H and O–H groups in total. The standard InChI is InChI=1S/C32H21ClF4N4OS/c33-23-9-11-28(38-18-23)31(17-19-5-2-1-3-6-19,21-14-22(32(35,36)37)16-24(34)15-21)41-30-39-25-10-8-20(13-26(25)40-30)29(42)27-7-4-12-43-27/h1-16,18H,17H2,(H2,39,40,41)/t31-/m1/s1. The highest BCUT2D eigenvalue weighted by molar-refractivity contribution is 7.12. The molecule has 3 aromatic heterocycles. The molecular formula is C32H21ClF4N4OS. The molecule has 0 saturated carbocycles. The summed E-state index contributed by atoms with van der Waals surface area (Å²) in [4.78, 5) is 25.8. The summed E-state index contributed by atoms with van der Waals surface area (Å²) in [7, 11) is 0. The molecule has 3 heterocycles. The second kappa shape index (κ2) is 11.3. The predicted octanol–water partition coefficient (Wildman–Crippen LogP) is 8.66. The van der Waals surface area contributed by atoms with Crippen LogP contribution < -0.4 is 5.32 Å². The highest BCUT2D eigenvalue weighted by Gasteiger charge is 2.40. The number of halogens is 5. The Morgan fingerprint density at radius 2 is 1.72 bits per heavy atom. The summed E-state index contributed by atoms with van der Waals surface area (Å²) in [5.74, 6) is -1.02. The van der Waals surface area contributed by atoms with E-state index in [1.807, 2.05) is 23.6 Å². The lowest BCUT2D eigenvalue weighted by Gasteiger charge is -2.35. The van der Waals surface area contributed by atoms with Gasteiger partial charge in [-0.15, -0.1) is 11.3 Å². The number of nitrogens with one attached hydrogen (secondary N) is 2. The van der Waals surface area contributed by atoms with E-state index < -0.39 is 23.1 Å². The molecule has 6 aromatic rings. The molecule has 11 heteroatoms. The van der Waals surface area contributed by atoms with Gasteiger partial charge >= 0.3 is 6.18 Å². The summed E-state index contributed by atoms with van der Waals surface area (Å²) in [6, 6.07) is 23.2. The van der Waals surface area contributed by atoms with E-state index in [2.05, 4.69) is 20.3 Å². The van der Waals surface area contributed by atoms with Gasteiger partial charge in [0.25, 0.3) is 0 Å². The molecule has 3 aromatic carbocycles. The summed E-state index contributed by atoms with van der Waals surface area (Å²) in [5, 5.41) is 5.41. The number of thiophene rings is 1. The first kappa shape index (κ1) is 28.6. The molecule has 0 spiro atoms. The van der Waals surface area contributed by atoms with Crippen molar-refractivity contribution in [2.24, 2.45) is 0 Å². The Morgan fingerprint density at radius 3 is 2.42 bits per heavy atom. The van der Waals surface area contributed by atoms with Crippen molar-refractivity contribution in [3.63, 3.8) is 0 Å². The molecule has 1 atom stereocenters. The Labute approximate surface area is 252 Å². The number of benzene rings is 3. The minimum atomic E-state index is -4.80. The third-order valence-electron chi connectivity index (χ3n) is 7.02. The lowest BCUT2D eigenvalue weighted by molar-refractivity contribution is -0.137. The van der Waals surface area contributed by atoms with Crippen molar-refractivity contribution < 1.29 is 22.4 Å². The molecular weight excluding hydrogens is 600 g/mol. The van der Waals surface area contributed by atoms with Crippen LogP contribution in [-0.2, 0) is 18.1 Å². The molecule has 0 amide bonds. The Balaban J connectivity index is 1.53. The second-order valence-electron chi connectivity index (χ2n) is 9.90. The van der Waals surface area contributed by atoms with Gasteiger partial charge in [0, 0.05) is 18.2 Å². The zero-order valence-electron chi connectivity index (χ0n) is 22.1. The molecule has 5 nitrogen and oxygen atoms in total. The molecule has 0 bridgehead atoms. The Morgan fingerprint density at radius 1 is 0.930 bits per heavy atom. The summed E-state index contributed by atoms with van der Waals surface area (Å²) < 4.78 is 56.7. The maximum absolute atomic E-state index is 14.9. The number of carbonyl (C=O) groups is 1. The van der Waals surface area contributed by atoms with E-state index >= 15 is 0 Å². The third kappa shape index (κ3) is 5.89. The van der Waals surface area contributed by atoms with E-state index in [9.17, 15) is 22.4 Å².